The highest BCUT2D eigenvalue weighted by Crippen LogP contribution is 2.21. The Hall–Kier alpha value is -2.12. The summed E-state index contributed by atoms with van der Waals surface area (Å²) in [5, 5.41) is 6.63. The van der Waals surface area contributed by atoms with Gasteiger partial charge in [-0.1, -0.05) is 12.1 Å². The third-order valence-electron chi connectivity index (χ3n) is 4.53. The maximum absolute atomic E-state index is 11.8. The molecule has 156 valence electrons. The third kappa shape index (κ3) is 7.86. The summed E-state index contributed by atoms with van der Waals surface area (Å²) in [6.45, 7) is 7.21. The summed E-state index contributed by atoms with van der Waals surface area (Å²) < 4.78 is 10.4. The first-order valence-electron chi connectivity index (χ1n) is 10.2. The van der Waals surface area contributed by atoms with Crippen molar-refractivity contribution in [1.82, 2.24) is 10.6 Å². The van der Waals surface area contributed by atoms with Crippen LogP contribution in [0.5, 0.6) is 0 Å². The van der Waals surface area contributed by atoms with E-state index in [-0.39, 0.29) is 5.91 Å². The number of nitrogens with zero attached hydrogens (tertiary/aromatic N) is 2. The van der Waals surface area contributed by atoms with Crippen molar-refractivity contribution < 1.29 is 14.3 Å². The van der Waals surface area contributed by atoms with E-state index < -0.39 is 0 Å². The predicted molar refractivity (Wildman–Crippen MR) is 113 cm³/mol. The van der Waals surface area contributed by atoms with Gasteiger partial charge in [-0.15, -0.1) is 0 Å². The van der Waals surface area contributed by atoms with Crippen molar-refractivity contribution in [1.29, 1.82) is 0 Å². The maximum atomic E-state index is 11.8. The molecule has 0 radical (unpaired) electrons. The third-order valence-corrected chi connectivity index (χ3v) is 4.53. The first kappa shape index (κ1) is 22.2. The lowest BCUT2D eigenvalue weighted by Gasteiger charge is -2.16. The van der Waals surface area contributed by atoms with Gasteiger partial charge in [-0.25, -0.2) is 4.99 Å². The molecule has 2 rings (SSSR count). The number of ether oxygens (including phenoxy) is 2. The average Bonchev–Trinajstić information content (AvgIpc) is 3.14. The highest BCUT2D eigenvalue weighted by Gasteiger charge is 2.21. The van der Waals surface area contributed by atoms with Crippen LogP contribution in [0.1, 0.15) is 38.2 Å². The van der Waals surface area contributed by atoms with Gasteiger partial charge in [-0.3, -0.25) is 4.79 Å². The molecule has 0 aliphatic carbocycles. The van der Waals surface area contributed by atoms with E-state index in [1.54, 1.807) is 7.11 Å². The standard InChI is InChI=1S/C21H34N4O3/c1-3-22-21(23-12-4-5-14-28-16-15-27-2)24-17-18-8-10-19(11-9-18)25-13-6-7-20(25)26/h8-11H,3-7,12-17H2,1-2H3,(H2,22,23,24). The molecule has 0 unspecified atom stereocenters. The second-order valence-corrected chi connectivity index (χ2v) is 6.75. The first-order chi connectivity index (χ1) is 13.7. The van der Waals surface area contributed by atoms with Crippen molar-refractivity contribution in [2.75, 3.05) is 51.5 Å². The summed E-state index contributed by atoms with van der Waals surface area (Å²) in [4.78, 5) is 18.3. The summed E-state index contributed by atoms with van der Waals surface area (Å²) in [6, 6.07) is 8.12. The average molecular weight is 391 g/mol. The quantitative estimate of drug-likeness (QED) is 0.325. The number of carbonyl (C=O) groups is 1. The van der Waals surface area contributed by atoms with E-state index in [0.29, 0.717) is 26.2 Å². The van der Waals surface area contributed by atoms with Crippen LogP contribution in [-0.4, -0.2) is 58.4 Å². The van der Waals surface area contributed by atoms with Gasteiger partial charge in [0, 0.05) is 45.5 Å². The van der Waals surface area contributed by atoms with Crippen molar-refractivity contribution in [2.24, 2.45) is 4.99 Å². The zero-order valence-corrected chi connectivity index (χ0v) is 17.2. The van der Waals surface area contributed by atoms with E-state index in [2.05, 4.69) is 22.5 Å². The SMILES string of the molecule is CCNC(=NCc1ccc(N2CCCC2=O)cc1)NCCCCOCCOC. The molecule has 0 bridgehead atoms. The topological polar surface area (TPSA) is 75.2 Å². The molecule has 1 aromatic carbocycles. The largest absolute Gasteiger partial charge is 0.382 e. The molecule has 1 aliphatic rings. The first-order valence-corrected chi connectivity index (χ1v) is 10.2. The highest BCUT2D eigenvalue weighted by molar-refractivity contribution is 5.95. The number of nitrogens with one attached hydrogen (secondary N) is 2. The molecule has 1 fully saturated rings. The summed E-state index contributed by atoms with van der Waals surface area (Å²) in [6.07, 6.45) is 3.63. The van der Waals surface area contributed by atoms with E-state index in [1.807, 2.05) is 29.2 Å². The Balaban J connectivity index is 1.73. The van der Waals surface area contributed by atoms with Crippen LogP contribution in [-0.2, 0) is 20.8 Å². The fourth-order valence-corrected chi connectivity index (χ4v) is 2.99. The van der Waals surface area contributed by atoms with Gasteiger partial charge < -0.3 is 25.0 Å². The molecule has 0 spiro atoms. The zero-order chi connectivity index (χ0) is 20.0. The minimum atomic E-state index is 0.216. The number of amides is 1. The van der Waals surface area contributed by atoms with Gasteiger partial charge in [0.15, 0.2) is 5.96 Å². The summed E-state index contributed by atoms with van der Waals surface area (Å²) >= 11 is 0. The van der Waals surface area contributed by atoms with Crippen LogP contribution in [0.2, 0.25) is 0 Å². The van der Waals surface area contributed by atoms with E-state index in [1.165, 1.54) is 0 Å². The van der Waals surface area contributed by atoms with E-state index >= 15 is 0 Å². The van der Waals surface area contributed by atoms with Crippen LogP contribution in [0, 0.1) is 0 Å². The molecule has 0 saturated carbocycles. The van der Waals surface area contributed by atoms with E-state index in [0.717, 1.165) is 62.7 Å². The van der Waals surface area contributed by atoms with E-state index in [4.69, 9.17) is 9.47 Å². The van der Waals surface area contributed by atoms with Crippen molar-refractivity contribution in [3.63, 3.8) is 0 Å². The van der Waals surface area contributed by atoms with Gasteiger partial charge in [0.1, 0.15) is 0 Å². The summed E-state index contributed by atoms with van der Waals surface area (Å²) in [5.74, 6) is 1.04. The lowest BCUT2D eigenvalue weighted by Crippen LogP contribution is -2.37. The minimum Gasteiger partial charge on any atom is -0.382 e. The fraction of sp³-hybridized carbons (Fsp3) is 0.619. The smallest absolute Gasteiger partial charge is 0.227 e. The normalized spacial score (nSPS) is 14.6. The summed E-state index contributed by atoms with van der Waals surface area (Å²) in [7, 11) is 1.68. The minimum absolute atomic E-state index is 0.216. The second kappa shape index (κ2) is 13.1. The van der Waals surface area contributed by atoms with Crippen LogP contribution in [0.25, 0.3) is 0 Å². The molecule has 0 aromatic heterocycles. The van der Waals surface area contributed by atoms with Crippen LogP contribution in [0.15, 0.2) is 29.3 Å². The predicted octanol–water partition coefficient (Wildman–Crippen LogP) is 2.31. The van der Waals surface area contributed by atoms with Gasteiger partial charge in [0.2, 0.25) is 5.91 Å². The van der Waals surface area contributed by atoms with Crippen LogP contribution < -0.4 is 15.5 Å². The number of hydrogen-bond acceptors (Lipinski definition) is 4. The lowest BCUT2D eigenvalue weighted by molar-refractivity contribution is -0.117. The Kier molecular flexibility index (Phi) is 10.4. The number of guanidine groups is 1. The molecular formula is C21H34N4O3. The number of carbonyl (C=O) groups excluding carboxylic acids is 1. The number of benzene rings is 1. The Morgan fingerprint density at radius 1 is 1.14 bits per heavy atom. The molecule has 28 heavy (non-hydrogen) atoms. The molecular weight excluding hydrogens is 356 g/mol. The van der Waals surface area contributed by atoms with Crippen LogP contribution >= 0.6 is 0 Å². The van der Waals surface area contributed by atoms with Gasteiger partial charge >= 0.3 is 0 Å². The molecule has 1 aliphatic heterocycles. The Morgan fingerprint density at radius 3 is 2.64 bits per heavy atom. The lowest BCUT2D eigenvalue weighted by atomic mass is 10.2. The molecule has 1 heterocycles. The number of hydrogen-bond donors (Lipinski definition) is 2. The Labute approximate surface area is 168 Å². The van der Waals surface area contributed by atoms with Crippen molar-refractivity contribution in [2.45, 2.75) is 39.2 Å². The Bertz CT molecular complexity index is 604. The monoisotopic (exact) mass is 390 g/mol. The van der Waals surface area contributed by atoms with Gasteiger partial charge in [-0.05, 0) is 43.9 Å². The molecule has 0 atom stereocenters. The number of anilines is 1. The van der Waals surface area contributed by atoms with Crippen molar-refractivity contribution in [3.05, 3.63) is 29.8 Å². The maximum Gasteiger partial charge on any atom is 0.227 e. The van der Waals surface area contributed by atoms with Crippen LogP contribution in [0.4, 0.5) is 5.69 Å². The number of rotatable bonds is 12. The highest BCUT2D eigenvalue weighted by atomic mass is 16.5. The summed E-state index contributed by atoms with van der Waals surface area (Å²) in [5.41, 5.74) is 2.10. The molecule has 2 N–H and O–H groups in total. The zero-order valence-electron chi connectivity index (χ0n) is 17.2. The van der Waals surface area contributed by atoms with Gasteiger partial charge in [0.25, 0.3) is 0 Å². The number of unbranched alkanes of at least 4 members (excludes halogenated alkanes) is 1. The fourth-order valence-electron chi connectivity index (χ4n) is 2.99. The van der Waals surface area contributed by atoms with E-state index in [9.17, 15) is 4.79 Å². The van der Waals surface area contributed by atoms with Gasteiger partial charge in [-0.2, -0.15) is 0 Å². The molecule has 7 nitrogen and oxygen atoms in total. The molecule has 7 heteroatoms. The number of methoxy groups -OCH3 is 1. The Morgan fingerprint density at radius 2 is 1.96 bits per heavy atom. The van der Waals surface area contributed by atoms with Crippen molar-refractivity contribution >= 4 is 17.6 Å². The van der Waals surface area contributed by atoms with Gasteiger partial charge in [0.05, 0.1) is 19.8 Å². The number of aliphatic imine (C=N–C) groups is 1. The molecule has 1 amide bonds. The molecule has 1 saturated heterocycles. The van der Waals surface area contributed by atoms with Crippen molar-refractivity contribution in [3.8, 4) is 0 Å². The molecule has 1 aromatic rings. The van der Waals surface area contributed by atoms with Crippen LogP contribution in [0.3, 0.4) is 0 Å². The second-order valence-electron chi connectivity index (χ2n) is 6.75.